The van der Waals surface area contributed by atoms with E-state index in [9.17, 15) is 8.96 Å². The van der Waals surface area contributed by atoms with Crippen LogP contribution >= 0.6 is 7.60 Å². The number of halogens is 1. The Bertz CT molecular complexity index is 356. The molecule has 3 nitrogen and oxygen atoms in total. The standard InChI is InChI=1S/C8H8FO3P/c9-7-2-1-3-8(6-7)13(10)11-4-5-12-13/h1-3,6H,4-5H2. The van der Waals surface area contributed by atoms with Gasteiger partial charge in [0, 0.05) is 0 Å². The first kappa shape index (κ1) is 8.88. The monoisotopic (exact) mass is 202 g/mol. The first-order valence-electron chi connectivity index (χ1n) is 3.86. The van der Waals surface area contributed by atoms with Crippen molar-refractivity contribution in [3.8, 4) is 0 Å². The zero-order chi connectivity index (χ0) is 9.31. The van der Waals surface area contributed by atoms with E-state index in [1.54, 1.807) is 0 Å². The smallest absolute Gasteiger partial charge is 0.303 e. The second kappa shape index (κ2) is 3.22. The molecule has 0 spiro atoms. The summed E-state index contributed by atoms with van der Waals surface area (Å²) in [4.78, 5) is 0. The Labute approximate surface area is 75.0 Å². The first-order valence-corrected chi connectivity index (χ1v) is 5.40. The molecular weight excluding hydrogens is 194 g/mol. The van der Waals surface area contributed by atoms with E-state index in [1.165, 1.54) is 24.3 Å². The number of rotatable bonds is 1. The van der Waals surface area contributed by atoms with Crippen LogP contribution in [0.15, 0.2) is 24.3 Å². The van der Waals surface area contributed by atoms with Gasteiger partial charge in [0.25, 0.3) is 0 Å². The molecule has 0 aromatic heterocycles. The predicted octanol–water partition coefficient (Wildman–Crippen LogP) is 1.69. The predicted molar refractivity (Wildman–Crippen MR) is 45.5 cm³/mol. The van der Waals surface area contributed by atoms with Gasteiger partial charge in [-0.3, -0.25) is 4.57 Å². The van der Waals surface area contributed by atoms with Gasteiger partial charge in [-0.05, 0) is 18.2 Å². The summed E-state index contributed by atoms with van der Waals surface area (Å²) in [5, 5.41) is 0.282. The largest absolute Gasteiger partial charge is 0.361 e. The van der Waals surface area contributed by atoms with Crippen LogP contribution in [0.3, 0.4) is 0 Å². The van der Waals surface area contributed by atoms with Crippen molar-refractivity contribution in [3.63, 3.8) is 0 Å². The molecule has 2 rings (SSSR count). The van der Waals surface area contributed by atoms with Crippen LogP contribution in [0.5, 0.6) is 0 Å². The molecular formula is C8H8FO3P. The normalized spacial score (nSPS) is 20.4. The van der Waals surface area contributed by atoms with Gasteiger partial charge in [0.2, 0.25) is 0 Å². The second-order valence-electron chi connectivity index (χ2n) is 2.64. The molecule has 1 heterocycles. The van der Waals surface area contributed by atoms with E-state index < -0.39 is 13.4 Å². The first-order chi connectivity index (χ1) is 6.21. The molecule has 0 N–H and O–H groups in total. The average molecular weight is 202 g/mol. The molecule has 0 amide bonds. The Morgan fingerprint density at radius 1 is 1.31 bits per heavy atom. The molecule has 1 saturated heterocycles. The molecule has 0 bridgehead atoms. The van der Waals surface area contributed by atoms with E-state index in [1.807, 2.05) is 0 Å². The molecule has 1 fully saturated rings. The van der Waals surface area contributed by atoms with Crippen LogP contribution in [-0.2, 0) is 13.6 Å². The minimum atomic E-state index is -3.19. The van der Waals surface area contributed by atoms with Gasteiger partial charge in [-0.2, -0.15) is 0 Å². The van der Waals surface area contributed by atoms with Gasteiger partial charge in [0.05, 0.1) is 18.5 Å². The fourth-order valence-electron chi connectivity index (χ4n) is 1.15. The quantitative estimate of drug-likeness (QED) is 0.650. The minimum Gasteiger partial charge on any atom is -0.303 e. The van der Waals surface area contributed by atoms with Gasteiger partial charge < -0.3 is 9.05 Å². The summed E-state index contributed by atoms with van der Waals surface area (Å²) in [7, 11) is -3.19. The maximum Gasteiger partial charge on any atom is 0.361 e. The van der Waals surface area contributed by atoms with Crippen LogP contribution in [0.25, 0.3) is 0 Å². The highest BCUT2D eigenvalue weighted by Gasteiger charge is 2.32. The number of hydrogen-bond acceptors (Lipinski definition) is 3. The molecule has 0 aliphatic carbocycles. The van der Waals surface area contributed by atoms with Crippen molar-refractivity contribution in [2.24, 2.45) is 0 Å². The van der Waals surface area contributed by atoms with Crippen LogP contribution in [-0.4, -0.2) is 13.2 Å². The lowest BCUT2D eigenvalue weighted by Crippen LogP contribution is -2.04. The van der Waals surface area contributed by atoms with E-state index in [2.05, 4.69) is 0 Å². The van der Waals surface area contributed by atoms with E-state index in [0.29, 0.717) is 13.2 Å². The Hall–Kier alpha value is -0.700. The zero-order valence-corrected chi connectivity index (χ0v) is 7.67. The summed E-state index contributed by atoms with van der Waals surface area (Å²) in [5.41, 5.74) is 0. The molecule has 13 heavy (non-hydrogen) atoms. The van der Waals surface area contributed by atoms with Crippen LogP contribution in [0.2, 0.25) is 0 Å². The lowest BCUT2D eigenvalue weighted by atomic mass is 10.4. The Morgan fingerprint density at radius 3 is 2.62 bits per heavy atom. The van der Waals surface area contributed by atoms with Crippen LogP contribution < -0.4 is 5.30 Å². The molecule has 0 atom stereocenters. The van der Waals surface area contributed by atoms with Gasteiger partial charge in [-0.15, -0.1) is 0 Å². The topological polar surface area (TPSA) is 35.5 Å². The Kier molecular flexibility index (Phi) is 2.20. The van der Waals surface area contributed by atoms with Crippen molar-refractivity contribution in [2.45, 2.75) is 0 Å². The second-order valence-corrected chi connectivity index (χ2v) is 4.67. The molecule has 1 aromatic carbocycles. The molecule has 0 unspecified atom stereocenters. The third kappa shape index (κ3) is 1.66. The lowest BCUT2D eigenvalue weighted by molar-refractivity contribution is 0.365. The minimum absolute atomic E-state index is 0.282. The molecule has 1 aliphatic heterocycles. The summed E-state index contributed by atoms with van der Waals surface area (Å²) in [6, 6.07) is 5.47. The highest BCUT2D eigenvalue weighted by atomic mass is 31.2. The summed E-state index contributed by atoms with van der Waals surface area (Å²) in [6.07, 6.45) is 0. The molecule has 1 aliphatic rings. The van der Waals surface area contributed by atoms with E-state index in [0.717, 1.165) is 0 Å². The van der Waals surface area contributed by atoms with Gasteiger partial charge in [-0.1, -0.05) is 6.07 Å². The van der Waals surface area contributed by atoms with Crippen LogP contribution in [0.4, 0.5) is 4.39 Å². The molecule has 5 heteroatoms. The summed E-state index contributed by atoms with van der Waals surface area (Å²) in [6.45, 7) is 0.599. The van der Waals surface area contributed by atoms with Gasteiger partial charge in [0.15, 0.2) is 0 Å². The van der Waals surface area contributed by atoms with Crippen molar-refractivity contribution < 1.29 is 18.0 Å². The molecule has 0 radical (unpaired) electrons. The number of benzene rings is 1. The van der Waals surface area contributed by atoms with Crippen molar-refractivity contribution in [2.75, 3.05) is 13.2 Å². The summed E-state index contributed by atoms with van der Waals surface area (Å²) in [5.74, 6) is -0.438. The Morgan fingerprint density at radius 2 is 2.00 bits per heavy atom. The van der Waals surface area contributed by atoms with Crippen LogP contribution in [0.1, 0.15) is 0 Å². The zero-order valence-electron chi connectivity index (χ0n) is 6.77. The maximum absolute atomic E-state index is 12.8. The maximum atomic E-state index is 12.8. The number of hydrogen-bond donors (Lipinski definition) is 0. The van der Waals surface area contributed by atoms with E-state index in [4.69, 9.17) is 9.05 Å². The third-order valence-electron chi connectivity index (χ3n) is 1.73. The highest BCUT2D eigenvalue weighted by Crippen LogP contribution is 2.50. The van der Waals surface area contributed by atoms with Gasteiger partial charge in [0.1, 0.15) is 5.82 Å². The summed E-state index contributed by atoms with van der Waals surface area (Å²) < 4.78 is 34.4. The highest BCUT2D eigenvalue weighted by molar-refractivity contribution is 7.62. The van der Waals surface area contributed by atoms with E-state index >= 15 is 0 Å². The van der Waals surface area contributed by atoms with E-state index in [-0.39, 0.29) is 5.30 Å². The third-order valence-corrected chi connectivity index (χ3v) is 3.69. The van der Waals surface area contributed by atoms with Gasteiger partial charge in [-0.25, -0.2) is 4.39 Å². The SMILES string of the molecule is O=P1(c2cccc(F)c2)OCCO1. The van der Waals surface area contributed by atoms with Crippen molar-refractivity contribution in [1.29, 1.82) is 0 Å². The van der Waals surface area contributed by atoms with Crippen molar-refractivity contribution in [1.82, 2.24) is 0 Å². The molecule has 70 valence electrons. The fraction of sp³-hybridized carbons (Fsp3) is 0.250. The molecule has 1 aromatic rings. The van der Waals surface area contributed by atoms with Crippen LogP contribution in [0, 0.1) is 5.82 Å². The lowest BCUT2D eigenvalue weighted by Gasteiger charge is -2.08. The average Bonchev–Trinajstić information content (AvgIpc) is 2.54. The Balaban J connectivity index is 2.39. The summed E-state index contributed by atoms with van der Waals surface area (Å²) >= 11 is 0. The van der Waals surface area contributed by atoms with Crippen molar-refractivity contribution in [3.05, 3.63) is 30.1 Å². The fourth-order valence-corrected chi connectivity index (χ4v) is 2.70. The van der Waals surface area contributed by atoms with Crippen molar-refractivity contribution >= 4 is 12.9 Å². The molecule has 0 saturated carbocycles. The van der Waals surface area contributed by atoms with Gasteiger partial charge >= 0.3 is 7.60 Å².